The van der Waals surface area contributed by atoms with E-state index >= 15 is 0 Å². The summed E-state index contributed by atoms with van der Waals surface area (Å²) in [6.45, 7) is 0. The zero-order chi connectivity index (χ0) is 9.42. The van der Waals surface area contributed by atoms with Gasteiger partial charge in [-0.3, -0.25) is 4.98 Å². The highest BCUT2D eigenvalue weighted by Crippen LogP contribution is 2.30. The van der Waals surface area contributed by atoms with Gasteiger partial charge in [-0.05, 0) is 56.7 Å². The first-order valence-corrected chi connectivity index (χ1v) is 5.83. The van der Waals surface area contributed by atoms with E-state index in [0.29, 0.717) is 0 Å². The fourth-order valence-electron chi connectivity index (χ4n) is 1.11. The second kappa shape index (κ2) is 3.71. The first-order chi connectivity index (χ1) is 6.18. The zero-order valence-electron chi connectivity index (χ0n) is 6.39. The normalized spacial score (nSPS) is 10.7. The molecule has 0 aliphatic carbocycles. The van der Waals surface area contributed by atoms with E-state index in [0.717, 1.165) is 24.0 Å². The molecule has 0 saturated carbocycles. The van der Waals surface area contributed by atoms with Crippen LogP contribution in [0.15, 0.2) is 28.9 Å². The number of pyridine rings is 1. The van der Waals surface area contributed by atoms with Crippen LogP contribution in [0.1, 0.15) is 0 Å². The molecule has 13 heavy (non-hydrogen) atoms. The minimum Gasteiger partial charge on any atom is -0.255 e. The SMILES string of the molecule is Clc1c(Br)ccc2ncc(I)cc12. The van der Waals surface area contributed by atoms with E-state index in [1.54, 1.807) is 0 Å². The lowest BCUT2D eigenvalue weighted by Crippen LogP contribution is -1.82. The van der Waals surface area contributed by atoms with Gasteiger partial charge < -0.3 is 0 Å². The smallest absolute Gasteiger partial charge is 0.0718 e. The number of nitrogens with zero attached hydrogens (tertiary/aromatic N) is 1. The molecule has 0 saturated heterocycles. The van der Waals surface area contributed by atoms with E-state index in [4.69, 9.17) is 11.6 Å². The maximum absolute atomic E-state index is 6.11. The van der Waals surface area contributed by atoms with Crippen LogP contribution in [0.3, 0.4) is 0 Å². The maximum atomic E-state index is 6.11. The molecule has 2 aromatic rings. The Morgan fingerprint density at radius 2 is 2.15 bits per heavy atom. The highest BCUT2D eigenvalue weighted by molar-refractivity contribution is 14.1. The van der Waals surface area contributed by atoms with Crippen LogP contribution in [0.25, 0.3) is 10.9 Å². The van der Waals surface area contributed by atoms with Gasteiger partial charge in [-0.15, -0.1) is 0 Å². The van der Waals surface area contributed by atoms with Crippen molar-refractivity contribution in [1.82, 2.24) is 4.98 Å². The third-order valence-corrected chi connectivity index (χ3v) is 3.61. The predicted molar refractivity (Wildman–Crippen MR) is 67.2 cm³/mol. The molecule has 1 aromatic heterocycles. The summed E-state index contributed by atoms with van der Waals surface area (Å²) in [5.41, 5.74) is 0.925. The van der Waals surface area contributed by atoms with Gasteiger partial charge in [0.2, 0.25) is 0 Å². The molecule has 0 fully saturated rings. The molecule has 66 valence electrons. The Labute approximate surface area is 103 Å². The van der Waals surface area contributed by atoms with Gasteiger partial charge in [-0.2, -0.15) is 0 Å². The van der Waals surface area contributed by atoms with Gasteiger partial charge in [-0.25, -0.2) is 0 Å². The van der Waals surface area contributed by atoms with Gasteiger partial charge >= 0.3 is 0 Å². The molecule has 0 amide bonds. The molecule has 1 heterocycles. The molecule has 0 radical (unpaired) electrons. The molecular weight excluding hydrogens is 364 g/mol. The van der Waals surface area contributed by atoms with E-state index in [-0.39, 0.29) is 0 Å². The quantitative estimate of drug-likeness (QED) is 0.634. The van der Waals surface area contributed by atoms with Crippen molar-refractivity contribution in [1.29, 1.82) is 0 Å². The van der Waals surface area contributed by atoms with Crippen molar-refractivity contribution < 1.29 is 0 Å². The second-order valence-corrected chi connectivity index (χ2v) is 5.06. The Morgan fingerprint density at radius 1 is 1.38 bits per heavy atom. The molecule has 0 unspecified atom stereocenters. The third-order valence-electron chi connectivity index (χ3n) is 1.72. The number of hydrogen-bond acceptors (Lipinski definition) is 1. The fraction of sp³-hybridized carbons (Fsp3) is 0. The summed E-state index contributed by atoms with van der Waals surface area (Å²) >= 11 is 11.7. The van der Waals surface area contributed by atoms with Gasteiger partial charge in [-0.1, -0.05) is 11.6 Å². The van der Waals surface area contributed by atoms with Crippen LogP contribution in [-0.4, -0.2) is 4.98 Å². The Kier molecular flexibility index (Phi) is 2.76. The first kappa shape index (κ1) is 9.68. The lowest BCUT2D eigenvalue weighted by atomic mass is 10.2. The van der Waals surface area contributed by atoms with Crippen molar-refractivity contribution in [2.75, 3.05) is 0 Å². The Balaban J connectivity index is 2.89. The fourth-order valence-corrected chi connectivity index (χ4v) is 2.12. The second-order valence-electron chi connectivity index (χ2n) is 2.58. The minimum atomic E-state index is 0.725. The van der Waals surface area contributed by atoms with E-state index in [2.05, 4.69) is 43.5 Å². The first-order valence-electron chi connectivity index (χ1n) is 3.58. The summed E-state index contributed by atoms with van der Waals surface area (Å²) in [5.74, 6) is 0. The number of hydrogen-bond donors (Lipinski definition) is 0. The largest absolute Gasteiger partial charge is 0.255 e. The van der Waals surface area contributed by atoms with Gasteiger partial charge in [0.05, 0.1) is 10.5 Å². The molecule has 0 bridgehead atoms. The lowest BCUT2D eigenvalue weighted by molar-refractivity contribution is 1.39. The van der Waals surface area contributed by atoms with Gasteiger partial charge in [0, 0.05) is 19.6 Å². The Hall–Kier alpha value is 0.130. The number of rotatable bonds is 0. The van der Waals surface area contributed by atoms with E-state index in [1.807, 2.05) is 24.4 Å². The van der Waals surface area contributed by atoms with Gasteiger partial charge in [0.25, 0.3) is 0 Å². The Morgan fingerprint density at radius 3 is 2.92 bits per heavy atom. The van der Waals surface area contributed by atoms with Crippen molar-refractivity contribution in [3.8, 4) is 0 Å². The van der Waals surface area contributed by atoms with Crippen LogP contribution < -0.4 is 0 Å². The number of benzene rings is 1. The lowest BCUT2D eigenvalue weighted by Gasteiger charge is -2.01. The van der Waals surface area contributed by atoms with E-state index in [1.165, 1.54) is 0 Å². The van der Waals surface area contributed by atoms with Crippen molar-refractivity contribution in [3.63, 3.8) is 0 Å². The summed E-state index contributed by atoms with van der Waals surface area (Å²) in [7, 11) is 0. The van der Waals surface area contributed by atoms with Crippen LogP contribution in [0, 0.1) is 3.57 Å². The van der Waals surface area contributed by atoms with Crippen molar-refractivity contribution in [2.24, 2.45) is 0 Å². The molecule has 2 rings (SSSR count). The van der Waals surface area contributed by atoms with Crippen molar-refractivity contribution in [2.45, 2.75) is 0 Å². The molecule has 0 aliphatic heterocycles. The average molecular weight is 368 g/mol. The number of aromatic nitrogens is 1. The molecule has 0 spiro atoms. The average Bonchev–Trinajstić information content (AvgIpc) is 2.12. The number of fused-ring (bicyclic) bond motifs is 1. The number of halogens is 3. The summed E-state index contributed by atoms with van der Waals surface area (Å²) in [5, 5.41) is 1.71. The highest BCUT2D eigenvalue weighted by atomic mass is 127. The molecule has 0 aliphatic rings. The topological polar surface area (TPSA) is 12.9 Å². The molecule has 1 aromatic carbocycles. The molecule has 4 heteroatoms. The van der Waals surface area contributed by atoms with Gasteiger partial charge in [0.15, 0.2) is 0 Å². The summed E-state index contributed by atoms with van der Waals surface area (Å²) in [4.78, 5) is 4.27. The van der Waals surface area contributed by atoms with Crippen LogP contribution >= 0.6 is 50.1 Å². The molecule has 1 nitrogen and oxygen atoms in total. The molecular formula is C9H4BrClIN. The van der Waals surface area contributed by atoms with Crippen LogP contribution in [0.5, 0.6) is 0 Å². The maximum Gasteiger partial charge on any atom is 0.0718 e. The highest BCUT2D eigenvalue weighted by Gasteiger charge is 2.04. The zero-order valence-corrected chi connectivity index (χ0v) is 10.9. The van der Waals surface area contributed by atoms with Gasteiger partial charge in [0.1, 0.15) is 0 Å². The molecule has 0 atom stereocenters. The summed E-state index contributed by atoms with van der Waals surface area (Å²) in [6, 6.07) is 5.88. The van der Waals surface area contributed by atoms with E-state index < -0.39 is 0 Å². The molecule has 0 N–H and O–H groups in total. The monoisotopic (exact) mass is 367 g/mol. The Bertz CT molecular complexity index is 467. The van der Waals surface area contributed by atoms with E-state index in [9.17, 15) is 0 Å². The third kappa shape index (κ3) is 1.82. The standard InChI is InChI=1S/C9H4BrClIN/c10-7-1-2-8-6(9(7)11)3-5(12)4-13-8/h1-4H. The van der Waals surface area contributed by atoms with Crippen LogP contribution in [-0.2, 0) is 0 Å². The minimum absolute atomic E-state index is 0.725. The summed E-state index contributed by atoms with van der Waals surface area (Å²) < 4.78 is 2.00. The van der Waals surface area contributed by atoms with Crippen LogP contribution in [0.4, 0.5) is 0 Å². The summed E-state index contributed by atoms with van der Waals surface area (Å²) in [6.07, 6.45) is 1.83. The van der Waals surface area contributed by atoms with Crippen molar-refractivity contribution in [3.05, 3.63) is 37.5 Å². The predicted octanol–water partition coefficient (Wildman–Crippen LogP) is 4.26. The van der Waals surface area contributed by atoms with Crippen LogP contribution in [0.2, 0.25) is 5.02 Å². The van der Waals surface area contributed by atoms with Crippen molar-refractivity contribution >= 4 is 61.0 Å².